The molecule has 0 aliphatic carbocycles. The molecule has 0 saturated heterocycles. The first-order valence-corrected chi connectivity index (χ1v) is 7.63. The van der Waals surface area contributed by atoms with E-state index in [4.69, 9.17) is 0 Å². The van der Waals surface area contributed by atoms with Crippen LogP contribution in [0.15, 0.2) is 58.1 Å². The Balaban J connectivity index is 1.47. The molecule has 0 radical (unpaired) electrons. The molecule has 0 aliphatic heterocycles. The number of fused-ring (bicyclic) bond motifs is 2. The van der Waals surface area contributed by atoms with Gasteiger partial charge in [-0.15, -0.1) is 0 Å². The fourth-order valence-corrected chi connectivity index (χ4v) is 2.57. The van der Waals surface area contributed by atoms with Crippen LogP contribution in [0.5, 0.6) is 0 Å². The monoisotopic (exact) mass is 335 g/mol. The van der Waals surface area contributed by atoms with Crippen LogP contribution in [0.3, 0.4) is 0 Å². The molecule has 8 heteroatoms. The number of carbonyl (C=O) groups excluding carboxylic acids is 1. The number of rotatable bonds is 4. The van der Waals surface area contributed by atoms with E-state index in [1.54, 1.807) is 30.5 Å². The smallest absolute Gasteiger partial charge is 0.275 e. The molecule has 0 atom stereocenters. The molecule has 0 saturated carbocycles. The number of aromatic nitrogens is 4. The predicted octanol–water partition coefficient (Wildman–Crippen LogP) is 1.25. The van der Waals surface area contributed by atoms with Gasteiger partial charge in [-0.25, -0.2) is 9.31 Å². The van der Waals surface area contributed by atoms with Crippen LogP contribution in [-0.4, -0.2) is 26.0 Å². The van der Waals surface area contributed by atoms with Gasteiger partial charge in [-0.1, -0.05) is 24.3 Å². The molecule has 2 aromatic heterocycles. The van der Waals surface area contributed by atoms with Crippen molar-refractivity contribution in [1.29, 1.82) is 0 Å². The average Bonchev–Trinajstić information content (AvgIpc) is 3.10. The molecule has 2 heterocycles. The van der Waals surface area contributed by atoms with Gasteiger partial charge >= 0.3 is 0 Å². The van der Waals surface area contributed by atoms with Crippen molar-refractivity contribution < 1.29 is 9.42 Å². The quantitative estimate of drug-likeness (QED) is 0.602. The van der Waals surface area contributed by atoms with E-state index in [1.807, 2.05) is 18.2 Å². The third-order valence-electron chi connectivity index (χ3n) is 3.86. The van der Waals surface area contributed by atoms with E-state index in [0.29, 0.717) is 23.0 Å². The van der Waals surface area contributed by atoms with Crippen LogP contribution in [-0.2, 0) is 17.9 Å². The molecule has 124 valence electrons. The van der Waals surface area contributed by atoms with E-state index in [-0.39, 0.29) is 18.0 Å². The third-order valence-corrected chi connectivity index (χ3v) is 3.86. The summed E-state index contributed by atoms with van der Waals surface area (Å²) in [6.07, 6.45) is 1.58. The summed E-state index contributed by atoms with van der Waals surface area (Å²) in [5.74, 6) is -0.303. The largest absolute Gasteiger partial charge is 0.350 e. The van der Waals surface area contributed by atoms with Gasteiger partial charge in [0.25, 0.3) is 5.56 Å². The summed E-state index contributed by atoms with van der Waals surface area (Å²) in [7, 11) is 0. The van der Waals surface area contributed by atoms with Gasteiger partial charge in [0, 0.05) is 11.9 Å². The Labute approximate surface area is 141 Å². The van der Waals surface area contributed by atoms with Crippen LogP contribution >= 0.6 is 0 Å². The van der Waals surface area contributed by atoms with Crippen molar-refractivity contribution in [3.63, 3.8) is 0 Å². The van der Waals surface area contributed by atoms with E-state index in [0.717, 1.165) is 15.6 Å². The molecule has 1 N–H and O–H groups in total. The van der Waals surface area contributed by atoms with Crippen LogP contribution in [0.1, 0.15) is 5.56 Å². The number of hydrogen-bond acceptors (Lipinski definition) is 6. The summed E-state index contributed by atoms with van der Waals surface area (Å²) in [5, 5.41) is 15.6. The number of hydrogen-bond donors (Lipinski definition) is 1. The molecule has 4 rings (SSSR count). The van der Waals surface area contributed by atoms with Crippen molar-refractivity contribution >= 4 is 27.7 Å². The summed E-state index contributed by atoms with van der Waals surface area (Å²) in [6, 6.07) is 12.5. The lowest BCUT2D eigenvalue weighted by Crippen LogP contribution is -2.33. The van der Waals surface area contributed by atoms with Crippen LogP contribution in [0, 0.1) is 0 Å². The minimum atomic E-state index is -0.303. The van der Waals surface area contributed by atoms with Crippen molar-refractivity contribution in [2.24, 2.45) is 0 Å². The second kappa shape index (κ2) is 6.16. The standard InChI is InChI=1S/C17H13N5O3/c23-16(18-8-11-5-6-14-15(7-11)21-25-20-14)10-22-17(24)13-4-2-1-3-12(13)9-19-22/h1-7,9H,8,10H2,(H,18,23). The molecule has 0 unspecified atom stereocenters. The van der Waals surface area contributed by atoms with Gasteiger partial charge in [-0.05, 0) is 34.1 Å². The topological polar surface area (TPSA) is 103 Å². The molecule has 0 fully saturated rings. The highest BCUT2D eigenvalue weighted by Crippen LogP contribution is 2.11. The third kappa shape index (κ3) is 2.97. The zero-order chi connectivity index (χ0) is 17.2. The zero-order valence-electron chi connectivity index (χ0n) is 13.0. The molecule has 2 aromatic carbocycles. The van der Waals surface area contributed by atoms with Crippen LogP contribution < -0.4 is 10.9 Å². The van der Waals surface area contributed by atoms with Crippen molar-refractivity contribution in [1.82, 2.24) is 25.4 Å². The molecule has 1 amide bonds. The first kappa shape index (κ1) is 15.0. The lowest BCUT2D eigenvalue weighted by molar-refractivity contribution is -0.122. The molecule has 0 bridgehead atoms. The minimum Gasteiger partial charge on any atom is -0.350 e. The number of benzene rings is 2. The Morgan fingerprint density at radius 3 is 2.88 bits per heavy atom. The minimum absolute atomic E-state index is 0.141. The first-order valence-electron chi connectivity index (χ1n) is 7.63. The second-order valence-corrected chi connectivity index (χ2v) is 5.56. The Hall–Kier alpha value is -3.55. The molecule has 4 aromatic rings. The number of nitrogens with zero attached hydrogens (tertiary/aromatic N) is 4. The van der Waals surface area contributed by atoms with Crippen molar-refractivity contribution in [3.8, 4) is 0 Å². The van der Waals surface area contributed by atoms with E-state index >= 15 is 0 Å². The lowest BCUT2D eigenvalue weighted by Gasteiger charge is -2.07. The average molecular weight is 335 g/mol. The normalized spacial score (nSPS) is 11.0. The van der Waals surface area contributed by atoms with Crippen molar-refractivity contribution in [2.75, 3.05) is 0 Å². The predicted molar refractivity (Wildman–Crippen MR) is 89.7 cm³/mol. The van der Waals surface area contributed by atoms with Gasteiger partial charge in [0.2, 0.25) is 5.91 Å². The molecule has 25 heavy (non-hydrogen) atoms. The Kier molecular flexibility index (Phi) is 3.70. The first-order chi connectivity index (χ1) is 12.2. The van der Waals surface area contributed by atoms with Crippen LogP contribution in [0.25, 0.3) is 21.8 Å². The van der Waals surface area contributed by atoms with Gasteiger partial charge in [0.15, 0.2) is 0 Å². The number of carbonyl (C=O) groups is 1. The maximum absolute atomic E-state index is 12.3. The van der Waals surface area contributed by atoms with Gasteiger partial charge in [-0.3, -0.25) is 9.59 Å². The summed E-state index contributed by atoms with van der Waals surface area (Å²) >= 11 is 0. The van der Waals surface area contributed by atoms with E-state index in [1.165, 1.54) is 0 Å². The molecule has 0 spiro atoms. The summed E-state index contributed by atoms with van der Waals surface area (Å²) in [4.78, 5) is 24.5. The highest BCUT2D eigenvalue weighted by atomic mass is 16.6. The molecule has 8 nitrogen and oxygen atoms in total. The fourth-order valence-electron chi connectivity index (χ4n) is 2.57. The van der Waals surface area contributed by atoms with Crippen molar-refractivity contribution in [2.45, 2.75) is 13.1 Å². The molecule has 0 aliphatic rings. The lowest BCUT2D eigenvalue weighted by atomic mass is 10.2. The Bertz CT molecular complexity index is 1130. The summed E-state index contributed by atoms with van der Waals surface area (Å²) < 4.78 is 5.79. The maximum Gasteiger partial charge on any atom is 0.275 e. The van der Waals surface area contributed by atoms with E-state index < -0.39 is 0 Å². The van der Waals surface area contributed by atoms with Gasteiger partial charge < -0.3 is 5.32 Å². The zero-order valence-corrected chi connectivity index (χ0v) is 13.0. The summed E-state index contributed by atoms with van der Waals surface area (Å²) in [5.41, 5.74) is 1.85. The van der Waals surface area contributed by atoms with E-state index in [2.05, 4.69) is 25.4 Å². The Morgan fingerprint density at radius 1 is 1.12 bits per heavy atom. The van der Waals surface area contributed by atoms with Gasteiger partial charge in [-0.2, -0.15) is 5.10 Å². The highest BCUT2D eigenvalue weighted by molar-refractivity contribution is 5.81. The van der Waals surface area contributed by atoms with Crippen LogP contribution in [0.4, 0.5) is 0 Å². The maximum atomic E-state index is 12.3. The van der Waals surface area contributed by atoms with Gasteiger partial charge in [0.05, 0.1) is 11.6 Å². The molecular formula is C17H13N5O3. The SMILES string of the molecule is O=C(Cn1ncc2ccccc2c1=O)NCc1ccc2nonc2c1. The summed E-state index contributed by atoms with van der Waals surface area (Å²) in [6.45, 7) is 0.168. The second-order valence-electron chi connectivity index (χ2n) is 5.56. The van der Waals surface area contributed by atoms with Gasteiger partial charge in [0.1, 0.15) is 17.6 Å². The fraction of sp³-hybridized carbons (Fsp3) is 0.118. The van der Waals surface area contributed by atoms with Crippen molar-refractivity contribution in [3.05, 3.63) is 64.6 Å². The highest BCUT2D eigenvalue weighted by Gasteiger charge is 2.09. The molecular weight excluding hydrogens is 322 g/mol. The Morgan fingerprint density at radius 2 is 1.96 bits per heavy atom. The van der Waals surface area contributed by atoms with Crippen LogP contribution in [0.2, 0.25) is 0 Å². The number of nitrogens with one attached hydrogen (secondary N) is 1. The number of amides is 1. The van der Waals surface area contributed by atoms with E-state index in [9.17, 15) is 9.59 Å².